The highest BCUT2D eigenvalue weighted by atomic mass is 16.5. The van der Waals surface area contributed by atoms with Gasteiger partial charge in [0.05, 0.1) is 18.8 Å². The molecule has 124 valence electrons. The Hall–Kier alpha value is -2.30. The number of aromatic nitrogens is 1. The molecule has 0 bridgehead atoms. The van der Waals surface area contributed by atoms with Crippen LogP contribution in [0.1, 0.15) is 54.2 Å². The van der Waals surface area contributed by atoms with Crippen LogP contribution >= 0.6 is 0 Å². The van der Waals surface area contributed by atoms with Gasteiger partial charge in [0.25, 0.3) is 5.91 Å². The van der Waals surface area contributed by atoms with Gasteiger partial charge in [-0.05, 0) is 37.0 Å². The molecule has 0 aliphatic rings. The van der Waals surface area contributed by atoms with Crippen molar-refractivity contribution < 1.29 is 14.1 Å². The molecule has 0 radical (unpaired) electrons. The smallest absolute Gasteiger partial charge is 0.257 e. The first kappa shape index (κ1) is 17.1. The molecule has 0 spiro atoms. The highest BCUT2D eigenvalue weighted by Gasteiger charge is 2.24. The van der Waals surface area contributed by atoms with E-state index in [0.29, 0.717) is 23.4 Å². The molecule has 0 aliphatic carbocycles. The molecule has 1 aromatic heterocycles. The number of amides is 1. The Morgan fingerprint density at radius 3 is 2.48 bits per heavy atom. The van der Waals surface area contributed by atoms with Crippen molar-refractivity contribution in [3.05, 3.63) is 46.8 Å². The van der Waals surface area contributed by atoms with Gasteiger partial charge in [-0.3, -0.25) is 4.79 Å². The standard InChI is InChI=1S/C18H24N2O3/c1-6-15-16(12(4)23-20-15)18(21)19-17(11(2)3)13-7-9-14(22-5)10-8-13/h7-11,17H,6H2,1-5H3,(H,19,21). The number of carbonyl (C=O) groups excluding carboxylic acids is 1. The summed E-state index contributed by atoms with van der Waals surface area (Å²) in [5.41, 5.74) is 2.28. The van der Waals surface area contributed by atoms with Crippen LogP contribution in [0.2, 0.25) is 0 Å². The van der Waals surface area contributed by atoms with Gasteiger partial charge in [-0.15, -0.1) is 0 Å². The maximum atomic E-state index is 12.7. The second kappa shape index (κ2) is 7.31. The summed E-state index contributed by atoms with van der Waals surface area (Å²) in [6.45, 7) is 7.88. The number of carbonyl (C=O) groups is 1. The molecule has 0 fully saturated rings. The van der Waals surface area contributed by atoms with Crippen molar-refractivity contribution in [2.75, 3.05) is 7.11 Å². The molecule has 1 unspecified atom stereocenters. The molecule has 0 aliphatic heterocycles. The minimum atomic E-state index is -0.143. The Kier molecular flexibility index (Phi) is 5.42. The molecular weight excluding hydrogens is 292 g/mol. The molecular formula is C18H24N2O3. The maximum absolute atomic E-state index is 12.7. The second-order valence-corrected chi connectivity index (χ2v) is 5.88. The lowest BCUT2D eigenvalue weighted by molar-refractivity contribution is 0.0923. The number of rotatable bonds is 6. The first-order chi connectivity index (χ1) is 11.0. The minimum Gasteiger partial charge on any atom is -0.497 e. The first-order valence-corrected chi connectivity index (χ1v) is 7.87. The van der Waals surface area contributed by atoms with E-state index in [9.17, 15) is 4.79 Å². The van der Waals surface area contributed by atoms with Gasteiger partial charge in [0.15, 0.2) is 0 Å². The van der Waals surface area contributed by atoms with E-state index in [1.807, 2.05) is 31.2 Å². The highest BCUT2D eigenvalue weighted by molar-refractivity contribution is 5.96. The highest BCUT2D eigenvalue weighted by Crippen LogP contribution is 2.25. The van der Waals surface area contributed by atoms with E-state index < -0.39 is 0 Å². The molecule has 1 amide bonds. The van der Waals surface area contributed by atoms with E-state index in [4.69, 9.17) is 9.26 Å². The lowest BCUT2D eigenvalue weighted by Crippen LogP contribution is -2.32. The zero-order valence-corrected chi connectivity index (χ0v) is 14.3. The summed E-state index contributed by atoms with van der Waals surface area (Å²) in [7, 11) is 1.64. The maximum Gasteiger partial charge on any atom is 0.257 e. The third-order valence-corrected chi connectivity index (χ3v) is 3.92. The summed E-state index contributed by atoms with van der Waals surface area (Å²) in [6, 6.07) is 7.67. The fourth-order valence-electron chi connectivity index (χ4n) is 2.61. The van der Waals surface area contributed by atoms with Crippen LogP contribution in [0.4, 0.5) is 0 Å². The Bertz CT molecular complexity index is 659. The molecule has 5 nitrogen and oxygen atoms in total. The van der Waals surface area contributed by atoms with Crippen LogP contribution in [0.25, 0.3) is 0 Å². The Morgan fingerprint density at radius 1 is 1.30 bits per heavy atom. The molecule has 0 saturated carbocycles. The summed E-state index contributed by atoms with van der Waals surface area (Å²) in [5, 5.41) is 7.06. The molecule has 0 saturated heterocycles. The van der Waals surface area contributed by atoms with Crippen LogP contribution in [-0.4, -0.2) is 18.2 Å². The van der Waals surface area contributed by atoms with E-state index in [-0.39, 0.29) is 17.9 Å². The van der Waals surface area contributed by atoms with Crippen LogP contribution in [0, 0.1) is 12.8 Å². The van der Waals surface area contributed by atoms with Crippen LogP contribution in [0.3, 0.4) is 0 Å². The van der Waals surface area contributed by atoms with Gasteiger partial charge in [0.2, 0.25) is 0 Å². The average Bonchev–Trinajstić information content (AvgIpc) is 2.93. The summed E-state index contributed by atoms with van der Waals surface area (Å²) in [5.74, 6) is 1.45. The second-order valence-electron chi connectivity index (χ2n) is 5.88. The van der Waals surface area contributed by atoms with Crippen LogP contribution in [0.15, 0.2) is 28.8 Å². The van der Waals surface area contributed by atoms with Crippen molar-refractivity contribution in [2.45, 2.75) is 40.2 Å². The number of nitrogens with one attached hydrogen (secondary N) is 1. The minimum absolute atomic E-state index is 0.0904. The van der Waals surface area contributed by atoms with Crippen molar-refractivity contribution in [1.82, 2.24) is 10.5 Å². The monoisotopic (exact) mass is 316 g/mol. The quantitative estimate of drug-likeness (QED) is 0.883. The van der Waals surface area contributed by atoms with Gasteiger partial charge in [0, 0.05) is 0 Å². The van der Waals surface area contributed by atoms with E-state index in [1.165, 1.54) is 0 Å². The molecule has 1 atom stereocenters. The summed E-state index contributed by atoms with van der Waals surface area (Å²) in [4.78, 5) is 12.7. The number of methoxy groups -OCH3 is 1. The third kappa shape index (κ3) is 3.73. The fourth-order valence-corrected chi connectivity index (χ4v) is 2.61. The fraction of sp³-hybridized carbons (Fsp3) is 0.444. The topological polar surface area (TPSA) is 64.4 Å². The van der Waals surface area contributed by atoms with Crippen LogP contribution in [-0.2, 0) is 6.42 Å². The number of hydrogen-bond donors (Lipinski definition) is 1. The van der Waals surface area contributed by atoms with Crippen molar-refractivity contribution in [3.8, 4) is 5.75 Å². The number of nitrogens with zero attached hydrogens (tertiary/aromatic N) is 1. The summed E-state index contributed by atoms with van der Waals surface area (Å²) >= 11 is 0. The normalized spacial score (nSPS) is 12.3. The van der Waals surface area contributed by atoms with Gasteiger partial charge in [-0.2, -0.15) is 0 Å². The lowest BCUT2D eigenvalue weighted by atomic mass is 9.95. The van der Waals surface area contributed by atoms with Gasteiger partial charge in [0.1, 0.15) is 17.1 Å². The Balaban J connectivity index is 2.25. The molecule has 1 N–H and O–H groups in total. The van der Waals surface area contributed by atoms with Gasteiger partial charge in [-0.1, -0.05) is 38.1 Å². The van der Waals surface area contributed by atoms with Crippen molar-refractivity contribution in [2.24, 2.45) is 5.92 Å². The third-order valence-electron chi connectivity index (χ3n) is 3.92. The van der Waals surface area contributed by atoms with Crippen molar-refractivity contribution in [3.63, 3.8) is 0 Å². The van der Waals surface area contributed by atoms with Gasteiger partial charge in [-0.25, -0.2) is 0 Å². The van der Waals surface area contributed by atoms with Crippen LogP contribution < -0.4 is 10.1 Å². The van der Waals surface area contributed by atoms with Gasteiger partial charge >= 0.3 is 0 Å². The van der Waals surface area contributed by atoms with E-state index >= 15 is 0 Å². The summed E-state index contributed by atoms with van der Waals surface area (Å²) < 4.78 is 10.3. The van der Waals surface area contributed by atoms with E-state index in [2.05, 4.69) is 24.3 Å². The number of aryl methyl sites for hydroxylation is 2. The van der Waals surface area contributed by atoms with Crippen molar-refractivity contribution >= 4 is 5.91 Å². The first-order valence-electron chi connectivity index (χ1n) is 7.87. The molecule has 2 aromatic rings. The number of ether oxygens (including phenoxy) is 1. The predicted molar refractivity (Wildman–Crippen MR) is 88.7 cm³/mol. The molecule has 5 heteroatoms. The van der Waals surface area contributed by atoms with E-state index in [1.54, 1.807) is 14.0 Å². The average molecular weight is 316 g/mol. The zero-order chi connectivity index (χ0) is 17.0. The molecule has 2 rings (SSSR count). The zero-order valence-electron chi connectivity index (χ0n) is 14.3. The van der Waals surface area contributed by atoms with Gasteiger partial charge < -0.3 is 14.6 Å². The Labute approximate surface area is 137 Å². The largest absolute Gasteiger partial charge is 0.497 e. The summed E-state index contributed by atoms with van der Waals surface area (Å²) in [6.07, 6.45) is 0.662. The van der Waals surface area contributed by atoms with E-state index in [0.717, 1.165) is 11.3 Å². The number of benzene rings is 1. The lowest BCUT2D eigenvalue weighted by Gasteiger charge is -2.23. The number of hydrogen-bond acceptors (Lipinski definition) is 4. The molecule has 1 heterocycles. The Morgan fingerprint density at radius 2 is 1.96 bits per heavy atom. The molecule has 1 aromatic carbocycles. The molecule has 23 heavy (non-hydrogen) atoms. The SMILES string of the molecule is CCc1noc(C)c1C(=O)NC(c1ccc(OC)cc1)C(C)C. The van der Waals surface area contributed by atoms with Crippen molar-refractivity contribution in [1.29, 1.82) is 0 Å². The predicted octanol–water partition coefficient (Wildman–Crippen LogP) is 3.68. The van der Waals surface area contributed by atoms with Crippen LogP contribution in [0.5, 0.6) is 5.75 Å².